The third-order valence-corrected chi connectivity index (χ3v) is 4.76. The number of rotatable bonds is 4. The van der Waals surface area contributed by atoms with E-state index in [-0.39, 0.29) is 11.3 Å². The molecule has 27 heavy (non-hydrogen) atoms. The Bertz CT molecular complexity index is 965. The molecule has 8 heteroatoms. The molecule has 0 spiro atoms. The first-order valence-corrected chi connectivity index (χ1v) is 9.07. The molecule has 4 nitrogen and oxygen atoms in total. The molecule has 1 N–H and O–H groups in total. The van der Waals surface area contributed by atoms with Gasteiger partial charge in [0.05, 0.1) is 17.0 Å². The predicted octanol–water partition coefficient (Wildman–Crippen LogP) is 5.35. The first-order valence-electron chi connectivity index (χ1n) is 8.19. The highest BCUT2D eigenvalue weighted by atomic mass is 32.1. The number of benzene rings is 1. The van der Waals surface area contributed by atoms with Gasteiger partial charge in [-0.05, 0) is 31.0 Å². The Morgan fingerprint density at radius 3 is 2.41 bits per heavy atom. The molecular weight excluding hydrogens is 375 g/mol. The molecule has 140 valence electrons. The van der Waals surface area contributed by atoms with Crippen LogP contribution in [0.1, 0.15) is 34.2 Å². The van der Waals surface area contributed by atoms with Crippen molar-refractivity contribution in [1.82, 2.24) is 9.97 Å². The van der Waals surface area contributed by atoms with Gasteiger partial charge in [-0.1, -0.05) is 31.2 Å². The number of carbonyl (C=O) groups is 1. The Morgan fingerprint density at radius 2 is 1.81 bits per heavy atom. The van der Waals surface area contributed by atoms with Gasteiger partial charge in [-0.2, -0.15) is 13.2 Å². The van der Waals surface area contributed by atoms with Crippen LogP contribution < -0.4 is 5.32 Å². The molecule has 0 aliphatic carbocycles. The zero-order valence-corrected chi connectivity index (χ0v) is 15.4. The van der Waals surface area contributed by atoms with Crippen LogP contribution in [0.2, 0.25) is 0 Å². The third kappa shape index (κ3) is 4.33. The molecule has 2 heterocycles. The van der Waals surface area contributed by atoms with Gasteiger partial charge >= 0.3 is 6.18 Å². The van der Waals surface area contributed by atoms with Crippen molar-refractivity contribution in [3.8, 4) is 11.3 Å². The van der Waals surface area contributed by atoms with E-state index >= 15 is 0 Å². The van der Waals surface area contributed by atoms with E-state index in [1.807, 2.05) is 29.6 Å². The number of alkyl halides is 3. The predicted molar refractivity (Wildman–Crippen MR) is 98.9 cm³/mol. The monoisotopic (exact) mass is 391 g/mol. The molecule has 1 amide bonds. The largest absolute Gasteiger partial charge is 0.433 e. The lowest BCUT2D eigenvalue weighted by molar-refractivity contribution is -0.141. The lowest BCUT2D eigenvalue weighted by Gasteiger charge is -2.09. The van der Waals surface area contributed by atoms with Crippen LogP contribution in [0.15, 0.2) is 41.8 Å². The first-order chi connectivity index (χ1) is 12.8. The number of anilines is 1. The summed E-state index contributed by atoms with van der Waals surface area (Å²) in [6.07, 6.45) is -3.60. The van der Waals surface area contributed by atoms with Crippen molar-refractivity contribution < 1.29 is 18.0 Å². The van der Waals surface area contributed by atoms with Gasteiger partial charge in [-0.25, -0.2) is 9.97 Å². The summed E-state index contributed by atoms with van der Waals surface area (Å²) in [5, 5.41) is 4.80. The molecule has 0 saturated carbocycles. The van der Waals surface area contributed by atoms with E-state index in [0.29, 0.717) is 5.13 Å². The number of aryl methyl sites for hydroxylation is 2. The molecule has 0 bridgehead atoms. The topological polar surface area (TPSA) is 54.9 Å². The number of hydrogen-bond donors (Lipinski definition) is 1. The summed E-state index contributed by atoms with van der Waals surface area (Å²) < 4.78 is 38.1. The van der Waals surface area contributed by atoms with E-state index in [1.54, 1.807) is 0 Å². The lowest BCUT2D eigenvalue weighted by Crippen LogP contribution is -2.16. The summed E-state index contributed by atoms with van der Waals surface area (Å²) in [6.45, 7) is 3.44. The highest BCUT2D eigenvalue weighted by Gasteiger charge is 2.33. The van der Waals surface area contributed by atoms with E-state index in [0.717, 1.165) is 29.8 Å². The summed E-state index contributed by atoms with van der Waals surface area (Å²) >= 11 is 1.25. The van der Waals surface area contributed by atoms with E-state index < -0.39 is 17.8 Å². The van der Waals surface area contributed by atoms with Crippen LogP contribution in [0, 0.1) is 6.92 Å². The molecule has 3 rings (SSSR count). The molecule has 0 atom stereocenters. The second-order valence-electron chi connectivity index (χ2n) is 5.87. The minimum Gasteiger partial charge on any atom is -0.298 e. The molecule has 2 aromatic heterocycles. The third-order valence-electron chi connectivity index (χ3n) is 4.00. The number of aromatic nitrogens is 2. The van der Waals surface area contributed by atoms with Crippen molar-refractivity contribution in [3.63, 3.8) is 0 Å². The maximum Gasteiger partial charge on any atom is 0.433 e. The standard InChI is InChI=1S/C19H16F3N3OS/c1-3-12-4-6-13(7-5-12)15-10-27-18(24-15)25-17(26)14-8-9-16(19(20,21)22)23-11(14)2/h4-10H,3H2,1-2H3,(H,24,25,26). The fourth-order valence-electron chi connectivity index (χ4n) is 2.50. The molecule has 3 aromatic rings. The van der Waals surface area contributed by atoms with Crippen molar-refractivity contribution >= 4 is 22.4 Å². The summed E-state index contributed by atoms with van der Waals surface area (Å²) in [4.78, 5) is 20.2. The van der Waals surface area contributed by atoms with Gasteiger partial charge < -0.3 is 0 Å². The molecule has 0 aliphatic rings. The van der Waals surface area contributed by atoms with Crippen LogP contribution >= 0.6 is 11.3 Å². The van der Waals surface area contributed by atoms with E-state index in [1.165, 1.54) is 23.8 Å². The van der Waals surface area contributed by atoms with E-state index in [4.69, 9.17) is 0 Å². The van der Waals surface area contributed by atoms with Crippen molar-refractivity contribution in [2.45, 2.75) is 26.4 Å². The van der Waals surface area contributed by atoms with Crippen LogP contribution in [0.3, 0.4) is 0 Å². The molecule has 0 fully saturated rings. The van der Waals surface area contributed by atoms with Crippen molar-refractivity contribution in [2.24, 2.45) is 0 Å². The van der Waals surface area contributed by atoms with Crippen LogP contribution in [-0.4, -0.2) is 15.9 Å². The van der Waals surface area contributed by atoms with E-state index in [9.17, 15) is 18.0 Å². The van der Waals surface area contributed by atoms with Crippen LogP contribution in [0.4, 0.5) is 18.3 Å². The number of thiazole rings is 1. The Hall–Kier alpha value is -2.74. The Balaban J connectivity index is 1.76. The minimum atomic E-state index is -4.54. The molecule has 0 saturated heterocycles. The average molecular weight is 391 g/mol. The summed E-state index contributed by atoms with van der Waals surface area (Å²) in [6, 6.07) is 9.88. The van der Waals surface area contributed by atoms with Crippen molar-refractivity contribution in [3.05, 3.63) is 64.3 Å². The number of halogens is 3. The average Bonchev–Trinajstić information content (AvgIpc) is 3.09. The number of carbonyl (C=O) groups excluding carboxylic acids is 1. The molecular formula is C19H16F3N3OS. The first kappa shape index (κ1) is 19.0. The van der Waals surface area contributed by atoms with Gasteiger partial charge in [-0.3, -0.25) is 10.1 Å². The summed E-state index contributed by atoms with van der Waals surface area (Å²) in [5.74, 6) is -0.545. The Kier molecular flexibility index (Phi) is 5.27. The van der Waals surface area contributed by atoms with Gasteiger partial charge in [0.15, 0.2) is 5.13 Å². The fraction of sp³-hybridized carbons (Fsp3) is 0.211. The number of nitrogens with one attached hydrogen (secondary N) is 1. The molecule has 0 radical (unpaired) electrons. The zero-order chi connectivity index (χ0) is 19.6. The zero-order valence-electron chi connectivity index (χ0n) is 14.6. The minimum absolute atomic E-state index is 0.00857. The van der Waals surface area contributed by atoms with Crippen molar-refractivity contribution in [1.29, 1.82) is 0 Å². The van der Waals surface area contributed by atoms with Gasteiger partial charge in [0.25, 0.3) is 5.91 Å². The lowest BCUT2D eigenvalue weighted by atomic mass is 10.1. The van der Waals surface area contributed by atoms with Gasteiger partial charge in [0.1, 0.15) is 5.69 Å². The normalized spacial score (nSPS) is 11.4. The van der Waals surface area contributed by atoms with Crippen LogP contribution in [0.25, 0.3) is 11.3 Å². The van der Waals surface area contributed by atoms with E-state index in [2.05, 4.69) is 22.2 Å². The highest BCUT2D eigenvalue weighted by molar-refractivity contribution is 7.14. The fourth-order valence-corrected chi connectivity index (χ4v) is 3.21. The number of amides is 1. The van der Waals surface area contributed by atoms with Crippen LogP contribution in [0.5, 0.6) is 0 Å². The second-order valence-corrected chi connectivity index (χ2v) is 6.73. The Labute approximate surface area is 158 Å². The van der Waals surface area contributed by atoms with Gasteiger partial charge in [-0.15, -0.1) is 11.3 Å². The van der Waals surface area contributed by atoms with Gasteiger partial charge in [0.2, 0.25) is 0 Å². The highest BCUT2D eigenvalue weighted by Crippen LogP contribution is 2.29. The van der Waals surface area contributed by atoms with Crippen molar-refractivity contribution in [2.75, 3.05) is 5.32 Å². The molecule has 1 aromatic carbocycles. The molecule has 0 aliphatic heterocycles. The van der Waals surface area contributed by atoms with Gasteiger partial charge in [0, 0.05) is 10.9 Å². The quantitative estimate of drug-likeness (QED) is 0.653. The summed E-state index contributed by atoms with van der Waals surface area (Å²) in [7, 11) is 0. The number of hydrogen-bond acceptors (Lipinski definition) is 4. The second kappa shape index (κ2) is 7.48. The molecule has 0 unspecified atom stereocenters. The SMILES string of the molecule is CCc1ccc(-c2csc(NC(=O)c3ccc(C(F)(F)F)nc3C)n2)cc1. The number of nitrogens with zero attached hydrogens (tertiary/aromatic N) is 2. The number of pyridine rings is 1. The van der Waals surface area contributed by atoms with Crippen LogP contribution in [-0.2, 0) is 12.6 Å². The Morgan fingerprint density at radius 1 is 1.11 bits per heavy atom. The maximum atomic E-state index is 12.7. The maximum absolute atomic E-state index is 12.7. The smallest absolute Gasteiger partial charge is 0.298 e. The summed E-state index contributed by atoms with van der Waals surface area (Å²) in [5.41, 5.74) is 1.93.